The molecule has 17 heavy (non-hydrogen) atoms. The molecule has 3 N–H and O–H groups in total. The lowest BCUT2D eigenvalue weighted by Crippen LogP contribution is -2.33. The highest BCUT2D eigenvalue weighted by molar-refractivity contribution is 5.77. The van der Waals surface area contributed by atoms with Gasteiger partial charge in [0.2, 0.25) is 0 Å². The van der Waals surface area contributed by atoms with Crippen LogP contribution in [0.4, 0.5) is 0 Å². The maximum atomic E-state index is 11.3. The van der Waals surface area contributed by atoms with Gasteiger partial charge in [0.15, 0.2) is 0 Å². The maximum absolute atomic E-state index is 11.3. The Kier molecular flexibility index (Phi) is 5.16. The van der Waals surface area contributed by atoms with Crippen LogP contribution in [0.1, 0.15) is 18.9 Å². The van der Waals surface area contributed by atoms with Crippen molar-refractivity contribution in [2.75, 3.05) is 0 Å². The zero-order valence-electron chi connectivity index (χ0n) is 9.68. The van der Waals surface area contributed by atoms with Crippen molar-refractivity contribution >= 4 is 11.9 Å². The summed E-state index contributed by atoms with van der Waals surface area (Å²) in [6.07, 6.45) is 0.719. The number of benzene rings is 1. The molecular formula is C12H16N2O3. The second-order valence-corrected chi connectivity index (χ2v) is 3.77. The minimum absolute atomic E-state index is 0.113. The van der Waals surface area contributed by atoms with Crippen molar-refractivity contribution < 1.29 is 14.4 Å². The van der Waals surface area contributed by atoms with Gasteiger partial charge in [0, 0.05) is 19.4 Å². The van der Waals surface area contributed by atoms with E-state index in [9.17, 15) is 9.59 Å². The summed E-state index contributed by atoms with van der Waals surface area (Å²) in [7, 11) is 0. The normalized spacial score (nSPS) is 11.6. The van der Waals surface area contributed by atoms with Crippen molar-refractivity contribution in [3.63, 3.8) is 0 Å². The number of rotatable bonds is 4. The predicted octanol–water partition coefficient (Wildman–Crippen LogP) is 0.541. The molecule has 0 radical (unpaired) electrons. The molecule has 0 aromatic heterocycles. The second kappa shape index (κ2) is 6.65. The van der Waals surface area contributed by atoms with Crippen LogP contribution in [0.2, 0.25) is 0 Å². The van der Waals surface area contributed by atoms with Gasteiger partial charge in [-0.15, -0.1) is 0 Å². The highest BCUT2D eigenvalue weighted by atomic mass is 16.7. The standard InChI is InChI=1S/C12H16N2O3/c1-9(15)17-14-12(16)8-11(13)7-10-5-3-2-4-6-10/h2-6,11H,7-8,13H2,1H3,(H,14,16)/t11-/m1/s1. The maximum Gasteiger partial charge on any atom is 0.329 e. The van der Waals surface area contributed by atoms with E-state index in [1.165, 1.54) is 6.92 Å². The Morgan fingerprint density at radius 3 is 2.59 bits per heavy atom. The van der Waals surface area contributed by atoms with Gasteiger partial charge in [-0.25, -0.2) is 0 Å². The van der Waals surface area contributed by atoms with E-state index < -0.39 is 11.9 Å². The molecule has 1 aromatic rings. The molecule has 5 nitrogen and oxygen atoms in total. The molecule has 1 atom stereocenters. The first-order valence-corrected chi connectivity index (χ1v) is 5.33. The Balaban J connectivity index is 2.32. The van der Waals surface area contributed by atoms with E-state index in [0.29, 0.717) is 6.42 Å². The summed E-state index contributed by atoms with van der Waals surface area (Å²) >= 11 is 0. The number of hydroxylamine groups is 1. The van der Waals surface area contributed by atoms with Gasteiger partial charge in [0.05, 0.1) is 0 Å². The molecule has 92 valence electrons. The van der Waals surface area contributed by atoms with Crippen LogP contribution >= 0.6 is 0 Å². The van der Waals surface area contributed by atoms with Crippen molar-refractivity contribution in [1.82, 2.24) is 5.48 Å². The molecule has 0 heterocycles. The van der Waals surface area contributed by atoms with Crippen molar-refractivity contribution in [2.45, 2.75) is 25.8 Å². The molecule has 0 spiro atoms. The summed E-state index contributed by atoms with van der Waals surface area (Å²) in [6, 6.07) is 9.35. The van der Waals surface area contributed by atoms with Crippen molar-refractivity contribution in [3.8, 4) is 0 Å². The fraction of sp³-hybridized carbons (Fsp3) is 0.333. The molecule has 0 saturated carbocycles. The molecule has 1 amide bonds. The van der Waals surface area contributed by atoms with Crippen LogP contribution in [-0.4, -0.2) is 17.9 Å². The van der Waals surface area contributed by atoms with Crippen LogP contribution in [0.15, 0.2) is 30.3 Å². The smallest absolute Gasteiger partial charge is 0.329 e. The second-order valence-electron chi connectivity index (χ2n) is 3.77. The molecule has 0 bridgehead atoms. The fourth-order valence-electron chi connectivity index (χ4n) is 1.40. The highest BCUT2D eigenvalue weighted by Gasteiger charge is 2.10. The summed E-state index contributed by atoms with van der Waals surface area (Å²) < 4.78 is 0. The van der Waals surface area contributed by atoms with Crippen LogP contribution in [0.25, 0.3) is 0 Å². The molecular weight excluding hydrogens is 220 g/mol. The zero-order valence-corrected chi connectivity index (χ0v) is 9.68. The largest absolute Gasteiger partial charge is 0.341 e. The van der Waals surface area contributed by atoms with E-state index >= 15 is 0 Å². The van der Waals surface area contributed by atoms with Crippen LogP contribution in [0.5, 0.6) is 0 Å². The zero-order chi connectivity index (χ0) is 12.7. The third-order valence-electron chi connectivity index (χ3n) is 2.10. The Hall–Kier alpha value is -1.88. The molecule has 0 aliphatic carbocycles. The first-order valence-electron chi connectivity index (χ1n) is 5.33. The predicted molar refractivity (Wildman–Crippen MR) is 62.6 cm³/mol. The van der Waals surface area contributed by atoms with E-state index in [0.717, 1.165) is 5.56 Å². The number of carbonyl (C=O) groups is 2. The number of amides is 1. The first-order chi connectivity index (χ1) is 8.08. The summed E-state index contributed by atoms with van der Waals surface area (Å²) in [4.78, 5) is 26.1. The van der Waals surface area contributed by atoms with Crippen LogP contribution in [0.3, 0.4) is 0 Å². The first kappa shape index (κ1) is 13.2. The van der Waals surface area contributed by atoms with Crippen molar-refractivity contribution in [1.29, 1.82) is 0 Å². The summed E-state index contributed by atoms with van der Waals surface area (Å²) in [5.74, 6) is -0.960. The average molecular weight is 236 g/mol. The Bertz CT molecular complexity index is 379. The third kappa shape index (κ3) is 5.67. The van der Waals surface area contributed by atoms with Gasteiger partial charge in [0.25, 0.3) is 5.91 Å². The van der Waals surface area contributed by atoms with Crippen LogP contribution in [0, 0.1) is 0 Å². The highest BCUT2D eigenvalue weighted by Crippen LogP contribution is 2.03. The quantitative estimate of drug-likeness (QED) is 0.748. The van der Waals surface area contributed by atoms with Gasteiger partial charge in [-0.3, -0.25) is 9.59 Å². The molecule has 0 unspecified atom stereocenters. The molecule has 0 aliphatic rings. The van der Waals surface area contributed by atoms with Gasteiger partial charge >= 0.3 is 5.97 Å². The summed E-state index contributed by atoms with van der Waals surface area (Å²) in [6.45, 7) is 1.21. The average Bonchev–Trinajstić information content (AvgIpc) is 2.27. The fourth-order valence-corrected chi connectivity index (χ4v) is 1.40. The lowest BCUT2D eigenvalue weighted by Gasteiger charge is -2.11. The van der Waals surface area contributed by atoms with Gasteiger partial charge in [-0.2, -0.15) is 5.48 Å². The SMILES string of the molecule is CC(=O)ONC(=O)C[C@H](N)Cc1ccccc1. The number of nitrogens with two attached hydrogens (primary N) is 1. The Morgan fingerprint density at radius 1 is 1.35 bits per heavy atom. The lowest BCUT2D eigenvalue weighted by atomic mass is 10.0. The van der Waals surface area contributed by atoms with E-state index in [2.05, 4.69) is 4.84 Å². The van der Waals surface area contributed by atoms with E-state index in [4.69, 9.17) is 5.73 Å². The topological polar surface area (TPSA) is 81.4 Å². The molecule has 5 heteroatoms. The van der Waals surface area contributed by atoms with Gasteiger partial charge in [0.1, 0.15) is 0 Å². The number of hydrogen-bond acceptors (Lipinski definition) is 4. The van der Waals surface area contributed by atoms with Crippen LogP contribution < -0.4 is 11.2 Å². The molecule has 0 fully saturated rings. The molecule has 0 aliphatic heterocycles. The molecule has 0 saturated heterocycles. The molecule has 1 rings (SSSR count). The Morgan fingerprint density at radius 2 is 2.00 bits per heavy atom. The van der Waals surface area contributed by atoms with E-state index in [1.807, 2.05) is 35.8 Å². The van der Waals surface area contributed by atoms with Crippen LogP contribution in [-0.2, 0) is 20.8 Å². The number of nitrogens with one attached hydrogen (secondary N) is 1. The summed E-state index contributed by atoms with van der Waals surface area (Å²) in [5.41, 5.74) is 8.91. The Labute approximate surface area is 99.9 Å². The van der Waals surface area contributed by atoms with Crippen molar-refractivity contribution in [3.05, 3.63) is 35.9 Å². The van der Waals surface area contributed by atoms with Gasteiger partial charge < -0.3 is 10.6 Å². The summed E-state index contributed by atoms with van der Waals surface area (Å²) in [5, 5.41) is 0. The van der Waals surface area contributed by atoms with Gasteiger partial charge in [-0.1, -0.05) is 30.3 Å². The number of hydrogen-bond donors (Lipinski definition) is 2. The monoisotopic (exact) mass is 236 g/mol. The van der Waals surface area contributed by atoms with E-state index in [-0.39, 0.29) is 12.5 Å². The third-order valence-corrected chi connectivity index (χ3v) is 2.10. The number of carbonyl (C=O) groups excluding carboxylic acids is 2. The van der Waals surface area contributed by atoms with Gasteiger partial charge in [-0.05, 0) is 12.0 Å². The van der Waals surface area contributed by atoms with Crippen molar-refractivity contribution in [2.24, 2.45) is 5.73 Å². The lowest BCUT2D eigenvalue weighted by molar-refractivity contribution is -0.156. The molecule has 1 aromatic carbocycles. The minimum Gasteiger partial charge on any atom is -0.341 e. The minimum atomic E-state index is -0.560. The van der Waals surface area contributed by atoms with E-state index in [1.54, 1.807) is 0 Å².